The Hall–Kier alpha value is -2.05. The first-order valence-electron chi connectivity index (χ1n) is 5.90. The second-order valence-corrected chi connectivity index (χ2v) is 6.13. The summed E-state index contributed by atoms with van der Waals surface area (Å²) in [6.45, 7) is 0. The molecule has 0 aliphatic rings. The van der Waals surface area contributed by atoms with Gasteiger partial charge in [-0.05, 0) is 48.0 Å². The van der Waals surface area contributed by atoms with Crippen molar-refractivity contribution in [1.82, 2.24) is 0 Å². The van der Waals surface area contributed by atoms with E-state index in [9.17, 15) is 13.2 Å². The summed E-state index contributed by atoms with van der Waals surface area (Å²) in [6, 6.07) is 12.0. The van der Waals surface area contributed by atoms with Crippen molar-refractivity contribution in [3.63, 3.8) is 0 Å². The molecule has 0 saturated heterocycles. The Labute approximate surface area is 127 Å². The molecule has 0 aliphatic heterocycles. The lowest BCUT2D eigenvalue weighted by molar-refractivity contribution is 0.108. The van der Waals surface area contributed by atoms with Gasteiger partial charge in [0.2, 0.25) is 0 Å². The van der Waals surface area contributed by atoms with Crippen LogP contribution in [-0.4, -0.2) is 20.8 Å². The molecule has 0 aromatic heterocycles. The van der Waals surface area contributed by atoms with Crippen LogP contribution in [0.15, 0.2) is 53.4 Å². The van der Waals surface area contributed by atoms with Crippen molar-refractivity contribution >= 4 is 32.6 Å². The number of methoxy groups -OCH3 is 1. The van der Waals surface area contributed by atoms with Gasteiger partial charge in [-0.3, -0.25) is 9.52 Å². The molecule has 2 rings (SSSR count). The number of sulfonamides is 1. The first-order chi connectivity index (χ1) is 9.94. The minimum atomic E-state index is -3.81. The highest BCUT2D eigenvalue weighted by molar-refractivity contribution is 7.92. The van der Waals surface area contributed by atoms with Crippen LogP contribution in [0.5, 0.6) is 5.75 Å². The van der Waals surface area contributed by atoms with Crippen LogP contribution in [0.3, 0.4) is 0 Å². The quantitative estimate of drug-likeness (QED) is 0.858. The van der Waals surface area contributed by atoms with Crippen molar-refractivity contribution in [2.45, 2.75) is 4.90 Å². The zero-order valence-electron chi connectivity index (χ0n) is 11.0. The SMILES string of the molecule is COc1ccc(S(=O)(=O)Nc2ccccc2C(=O)Cl)cc1. The van der Waals surface area contributed by atoms with Crippen molar-refractivity contribution in [2.75, 3.05) is 11.8 Å². The lowest BCUT2D eigenvalue weighted by Crippen LogP contribution is -2.14. The van der Waals surface area contributed by atoms with E-state index in [4.69, 9.17) is 16.3 Å². The number of carbonyl (C=O) groups is 1. The maximum Gasteiger partial charge on any atom is 0.261 e. The number of para-hydroxylation sites is 1. The first kappa shape index (κ1) is 15.3. The number of hydrogen-bond donors (Lipinski definition) is 1. The standard InChI is InChI=1S/C14H12ClNO4S/c1-20-10-6-8-11(9-7-10)21(18,19)16-13-5-3-2-4-12(13)14(15)17/h2-9,16H,1H3. The Morgan fingerprint density at radius 3 is 2.29 bits per heavy atom. The fourth-order valence-electron chi connectivity index (χ4n) is 1.70. The summed E-state index contributed by atoms with van der Waals surface area (Å²) in [7, 11) is -2.32. The fourth-order valence-corrected chi connectivity index (χ4v) is 2.95. The summed E-state index contributed by atoms with van der Waals surface area (Å²) >= 11 is 5.43. The zero-order chi connectivity index (χ0) is 15.5. The molecule has 0 atom stereocenters. The molecular weight excluding hydrogens is 314 g/mol. The smallest absolute Gasteiger partial charge is 0.261 e. The number of benzene rings is 2. The predicted molar refractivity (Wildman–Crippen MR) is 80.4 cm³/mol. The Balaban J connectivity index is 2.35. The Bertz CT molecular complexity index is 757. The largest absolute Gasteiger partial charge is 0.497 e. The molecule has 0 heterocycles. The van der Waals surface area contributed by atoms with Gasteiger partial charge in [-0.1, -0.05) is 12.1 Å². The number of rotatable bonds is 5. The molecule has 0 radical (unpaired) electrons. The normalized spacial score (nSPS) is 11.0. The van der Waals surface area contributed by atoms with Crippen LogP contribution in [0.2, 0.25) is 0 Å². The summed E-state index contributed by atoms with van der Waals surface area (Å²) < 4.78 is 31.9. The van der Waals surface area contributed by atoms with Crippen LogP contribution in [-0.2, 0) is 10.0 Å². The number of halogens is 1. The molecule has 0 bridgehead atoms. The molecule has 0 saturated carbocycles. The minimum absolute atomic E-state index is 0.0557. The summed E-state index contributed by atoms with van der Waals surface area (Å²) in [5.41, 5.74) is 0.226. The molecule has 7 heteroatoms. The van der Waals surface area contributed by atoms with E-state index in [-0.39, 0.29) is 16.1 Å². The highest BCUT2D eigenvalue weighted by Gasteiger charge is 2.17. The summed E-state index contributed by atoms with van der Waals surface area (Å²) in [5.74, 6) is 0.547. The van der Waals surface area contributed by atoms with Crippen molar-refractivity contribution in [3.05, 3.63) is 54.1 Å². The first-order valence-corrected chi connectivity index (χ1v) is 7.76. The number of carbonyl (C=O) groups excluding carboxylic acids is 1. The zero-order valence-corrected chi connectivity index (χ0v) is 12.6. The fraction of sp³-hybridized carbons (Fsp3) is 0.0714. The van der Waals surface area contributed by atoms with Gasteiger partial charge in [0.25, 0.3) is 15.3 Å². The van der Waals surface area contributed by atoms with Crippen LogP contribution in [0.1, 0.15) is 10.4 Å². The second-order valence-electron chi connectivity index (χ2n) is 4.10. The van der Waals surface area contributed by atoms with E-state index >= 15 is 0 Å². The van der Waals surface area contributed by atoms with Gasteiger partial charge < -0.3 is 4.74 Å². The van der Waals surface area contributed by atoms with Crippen LogP contribution >= 0.6 is 11.6 Å². The third-order valence-corrected chi connectivity index (χ3v) is 4.34. The summed E-state index contributed by atoms with van der Waals surface area (Å²) in [4.78, 5) is 11.3. The number of anilines is 1. The Morgan fingerprint density at radius 2 is 1.71 bits per heavy atom. The van der Waals surface area contributed by atoms with Gasteiger partial charge in [0.05, 0.1) is 23.3 Å². The minimum Gasteiger partial charge on any atom is -0.497 e. The Kier molecular flexibility index (Phi) is 4.50. The van der Waals surface area contributed by atoms with Gasteiger partial charge in [0, 0.05) is 0 Å². The van der Waals surface area contributed by atoms with E-state index in [1.807, 2.05) is 0 Å². The van der Waals surface area contributed by atoms with E-state index < -0.39 is 15.3 Å². The number of ether oxygens (including phenoxy) is 1. The third kappa shape index (κ3) is 3.53. The molecule has 1 N–H and O–H groups in total. The molecule has 110 valence electrons. The molecule has 0 spiro atoms. The molecule has 2 aromatic carbocycles. The van der Waals surface area contributed by atoms with E-state index in [1.165, 1.54) is 43.5 Å². The molecule has 0 unspecified atom stereocenters. The van der Waals surface area contributed by atoms with E-state index in [2.05, 4.69) is 4.72 Å². The number of hydrogen-bond acceptors (Lipinski definition) is 4. The highest BCUT2D eigenvalue weighted by Crippen LogP contribution is 2.22. The maximum atomic E-state index is 12.3. The number of nitrogens with one attached hydrogen (secondary N) is 1. The van der Waals surface area contributed by atoms with Crippen molar-refractivity contribution in [1.29, 1.82) is 0 Å². The van der Waals surface area contributed by atoms with Crippen molar-refractivity contribution < 1.29 is 17.9 Å². The van der Waals surface area contributed by atoms with Gasteiger partial charge >= 0.3 is 0 Å². The maximum absolute atomic E-state index is 12.3. The molecule has 0 aliphatic carbocycles. The topological polar surface area (TPSA) is 72.5 Å². The van der Waals surface area contributed by atoms with Crippen LogP contribution < -0.4 is 9.46 Å². The molecule has 0 amide bonds. The molecular formula is C14H12ClNO4S. The average molecular weight is 326 g/mol. The van der Waals surface area contributed by atoms with Gasteiger partial charge in [0.1, 0.15) is 5.75 Å². The van der Waals surface area contributed by atoms with E-state index in [0.717, 1.165) is 0 Å². The average Bonchev–Trinajstić information content (AvgIpc) is 2.47. The summed E-state index contributed by atoms with van der Waals surface area (Å²) in [5, 5.41) is -0.733. The molecule has 0 fully saturated rings. The van der Waals surface area contributed by atoms with E-state index in [0.29, 0.717) is 5.75 Å². The van der Waals surface area contributed by atoms with Crippen LogP contribution in [0, 0.1) is 0 Å². The highest BCUT2D eigenvalue weighted by atomic mass is 35.5. The van der Waals surface area contributed by atoms with Crippen LogP contribution in [0.25, 0.3) is 0 Å². The molecule has 21 heavy (non-hydrogen) atoms. The predicted octanol–water partition coefficient (Wildman–Crippen LogP) is 2.88. The Morgan fingerprint density at radius 1 is 1.10 bits per heavy atom. The molecule has 2 aromatic rings. The van der Waals surface area contributed by atoms with Crippen molar-refractivity contribution in [3.8, 4) is 5.75 Å². The van der Waals surface area contributed by atoms with Crippen molar-refractivity contribution in [2.24, 2.45) is 0 Å². The lowest BCUT2D eigenvalue weighted by Gasteiger charge is -2.10. The van der Waals surface area contributed by atoms with E-state index in [1.54, 1.807) is 12.1 Å². The third-order valence-electron chi connectivity index (χ3n) is 2.75. The lowest BCUT2D eigenvalue weighted by atomic mass is 10.2. The second kappa shape index (κ2) is 6.15. The van der Waals surface area contributed by atoms with Gasteiger partial charge in [-0.15, -0.1) is 0 Å². The molecule has 5 nitrogen and oxygen atoms in total. The van der Waals surface area contributed by atoms with Gasteiger partial charge in [-0.25, -0.2) is 8.42 Å². The van der Waals surface area contributed by atoms with Gasteiger partial charge in [0.15, 0.2) is 0 Å². The van der Waals surface area contributed by atoms with Crippen LogP contribution in [0.4, 0.5) is 5.69 Å². The van der Waals surface area contributed by atoms with Gasteiger partial charge in [-0.2, -0.15) is 0 Å². The summed E-state index contributed by atoms with van der Waals surface area (Å²) in [6.07, 6.45) is 0. The monoisotopic (exact) mass is 325 g/mol.